The molecule has 0 amide bonds. The number of nitriles is 1. The second kappa shape index (κ2) is 10.6. The molecule has 0 saturated carbocycles. The zero-order valence-electron chi connectivity index (χ0n) is 16.3. The lowest BCUT2D eigenvalue weighted by Crippen LogP contribution is -2.04. The molecule has 0 unspecified atom stereocenters. The number of aromatic nitrogens is 2. The van der Waals surface area contributed by atoms with Gasteiger partial charge in [-0.2, -0.15) is 5.26 Å². The minimum absolute atomic E-state index is 0.293. The van der Waals surface area contributed by atoms with Crippen molar-refractivity contribution in [2.45, 2.75) is 12.8 Å². The Hall–Kier alpha value is -3.07. The number of ether oxygens (including phenoxy) is 2. The molecule has 1 aromatic carbocycles. The number of hydrogen-bond acceptors (Lipinski definition) is 5. The van der Waals surface area contributed by atoms with Crippen LogP contribution in [-0.2, 0) is 6.42 Å². The van der Waals surface area contributed by atoms with Crippen LogP contribution in [0.4, 0.5) is 0 Å². The largest absolute Gasteiger partial charge is 0.491 e. The van der Waals surface area contributed by atoms with Gasteiger partial charge in [0.25, 0.3) is 5.88 Å². The van der Waals surface area contributed by atoms with E-state index >= 15 is 0 Å². The third kappa shape index (κ3) is 5.50. The molecule has 0 aliphatic rings. The van der Waals surface area contributed by atoms with E-state index in [9.17, 15) is 5.26 Å². The van der Waals surface area contributed by atoms with Crippen molar-refractivity contribution in [3.8, 4) is 17.7 Å². The molecule has 3 aromatic rings. The molecular formula is C23H19Cl2N3O2. The first kappa shape index (κ1) is 21.6. The fraction of sp³-hybridized carbons (Fsp3) is 0.174. The van der Waals surface area contributed by atoms with E-state index in [0.717, 1.165) is 12.8 Å². The van der Waals surface area contributed by atoms with Gasteiger partial charge in [-0.1, -0.05) is 53.5 Å². The summed E-state index contributed by atoms with van der Waals surface area (Å²) < 4.78 is 11.2. The van der Waals surface area contributed by atoms with Crippen molar-refractivity contribution >= 4 is 34.9 Å². The van der Waals surface area contributed by atoms with E-state index < -0.39 is 0 Å². The van der Waals surface area contributed by atoms with Crippen LogP contribution in [0.5, 0.6) is 11.6 Å². The van der Waals surface area contributed by atoms with E-state index in [1.165, 1.54) is 18.0 Å². The lowest BCUT2D eigenvalue weighted by atomic mass is 10.1. The molecule has 0 N–H and O–H groups in total. The Kier molecular flexibility index (Phi) is 7.67. The van der Waals surface area contributed by atoms with Gasteiger partial charge in [0.2, 0.25) is 0 Å². The summed E-state index contributed by atoms with van der Waals surface area (Å²) in [4.78, 5) is 8.40. The maximum atomic E-state index is 9.65. The number of allylic oxidation sites excluding steroid dienone is 1. The van der Waals surface area contributed by atoms with Crippen LogP contribution in [0.1, 0.15) is 23.2 Å². The summed E-state index contributed by atoms with van der Waals surface area (Å²) in [6, 6.07) is 15.7. The van der Waals surface area contributed by atoms with Crippen molar-refractivity contribution in [2.75, 3.05) is 13.7 Å². The average molecular weight is 440 g/mol. The van der Waals surface area contributed by atoms with Gasteiger partial charge in [-0.15, -0.1) is 0 Å². The summed E-state index contributed by atoms with van der Waals surface area (Å²) in [6.45, 7) is 0.468. The number of nitrogens with zero attached hydrogens (tertiary/aromatic N) is 3. The van der Waals surface area contributed by atoms with E-state index in [0.29, 0.717) is 45.1 Å². The fourth-order valence-corrected chi connectivity index (χ4v) is 3.27. The first-order valence-corrected chi connectivity index (χ1v) is 10.0. The molecule has 0 saturated heterocycles. The molecule has 0 bridgehead atoms. The third-order valence-corrected chi connectivity index (χ3v) is 4.91. The van der Waals surface area contributed by atoms with Crippen LogP contribution in [0.15, 0.2) is 54.9 Å². The zero-order valence-corrected chi connectivity index (χ0v) is 17.8. The number of halogens is 2. The van der Waals surface area contributed by atoms with Crippen molar-refractivity contribution in [3.63, 3.8) is 0 Å². The van der Waals surface area contributed by atoms with Crippen molar-refractivity contribution < 1.29 is 9.47 Å². The molecule has 2 aromatic heterocycles. The normalized spacial score (nSPS) is 11.1. The van der Waals surface area contributed by atoms with Crippen LogP contribution >= 0.6 is 23.2 Å². The first-order chi connectivity index (χ1) is 14.6. The molecule has 0 atom stereocenters. The smallest absolute Gasteiger partial charge is 0.257 e. The third-order valence-electron chi connectivity index (χ3n) is 4.31. The van der Waals surface area contributed by atoms with E-state index in [2.05, 4.69) is 28.2 Å². The predicted molar refractivity (Wildman–Crippen MR) is 119 cm³/mol. The average Bonchev–Trinajstić information content (AvgIpc) is 2.77. The molecule has 2 heterocycles. The van der Waals surface area contributed by atoms with E-state index in [1.54, 1.807) is 25.3 Å². The topological polar surface area (TPSA) is 68.0 Å². The van der Waals surface area contributed by atoms with Gasteiger partial charge in [0.15, 0.2) is 5.75 Å². The van der Waals surface area contributed by atoms with Crippen LogP contribution in [0.2, 0.25) is 10.0 Å². The van der Waals surface area contributed by atoms with Gasteiger partial charge in [0.05, 0.1) is 35.0 Å². The maximum Gasteiger partial charge on any atom is 0.257 e. The van der Waals surface area contributed by atoms with Crippen LogP contribution in [0, 0.1) is 11.3 Å². The number of rotatable bonds is 8. The number of benzene rings is 1. The predicted octanol–water partition coefficient (Wildman–Crippen LogP) is 5.87. The van der Waals surface area contributed by atoms with Crippen LogP contribution < -0.4 is 9.47 Å². The molecule has 152 valence electrons. The molecule has 0 fully saturated rings. The lowest BCUT2D eigenvalue weighted by Gasteiger charge is -2.11. The highest BCUT2D eigenvalue weighted by molar-refractivity contribution is 6.37. The van der Waals surface area contributed by atoms with Gasteiger partial charge >= 0.3 is 0 Å². The summed E-state index contributed by atoms with van der Waals surface area (Å²) in [5.74, 6) is 0.826. The van der Waals surface area contributed by atoms with Crippen molar-refractivity contribution in [3.05, 3.63) is 81.7 Å². The molecular weight excluding hydrogens is 421 g/mol. The van der Waals surface area contributed by atoms with Crippen LogP contribution in [0.3, 0.4) is 0 Å². The SMILES string of the molecule is COc1ccc(C(C#N)=Cc2c(Cl)cncc2Cl)nc1OCCCc1ccccc1. The second-order valence-corrected chi connectivity index (χ2v) is 7.14. The van der Waals surface area contributed by atoms with Gasteiger partial charge in [-0.25, -0.2) is 4.98 Å². The van der Waals surface area contributed by atoms with Gasteiger partial charge in [-0.3, -0.25) is 4.98 Å². The quantitative estimate of drug-likeness (QED) is 0.324. The fourth-order valence-electron chi connectivity index (χ4n) is 2.79. The highest BCUT2D eigenvalue weighted by Crippen LogP contribution is 2.30. The highest BCUT2D eigenvalue weighted by Gasteiger charge is 2.13. The minimum Gasteiger partial charge on any atom is -0.491 e. The Balaban J connectivity index is 1.79. The minimum atomic E-state index is 0.293. The van der Waals surface area contributed by atoms with Gasteiger partial charge < -0.3 is 9.47 Å². The van der Waals surface area contributed by atoms with E-state index in [1.807, 2.05) is 18.2 Å². The van der Waals surface area contributed by atoms with Crippen molar-refractivity contribution in [1.82, 2.24) is 9.97 Å². The number of hydrogen-bond donors (Lipinski definition) is 0. The summed E-state index contributed by atoms with van der Waals surface area (Å²) in [5, 5.41) is 10.3. The molecule has 7 heteroatoms. The summed E-state index contributed by atoms with van der Waals surface area (Å²) >= 11 is 12.3. The standard InChI is InChI=1S/C23H19Cl2N3O2/c1-29-22-10-9-21(17(13-26)12-18-19(24)14-27-15-20(18)25)28-23(22)30-11-5-8-16-6-3-2-4-7-16/h2-4,6-7,9-10,12,14-15H,5,8,11H2,1H3. The number of aryl methyl sites for hydroxylation is 1. The van der Waals surface area contributed by atoms with E-state index in [4.69, 9.17) is 32.7 Å². The monoisotopic (exact) mass is 439 g/mol. The molecule has 5 nitrogen and oxygen atoms in total. The maximum absolute atomic E-state index is 9.65. The Morgan fingerprint density at radius 3 is 2.50 bits per heavy atom. The summed E-state index contributed by atoms with van der Waals surface area (Å²) in [7, 11) is 1.55. The molecule has 0 aliphatic carbocycles. The van der Waals surface area contributed by atoms with Crippen LogP contribution in [-0.4, -0.2) is 23.7 Å². The molecule has 0 spiro atoms. The Labute approximate surface area is 185 Å². The molecule has 0 radical (unpaired) electrons. The lowest BCUT2D eigenvalue weighted by molar-refractivity contribution is 0.277. The Bertz CT molecular complexity index is 1060. The van der Waals surface area contributed by atoms with Gasteiger partial charge in [0, 0.05) is 18.0 Å². The van der Waals surface area contributed by atoms with Crippen molar-refractivity contribution in [2.24, 2.45) is 0 Å². The number of methoxy groups -OCH3 is 1. The summed E-state index contributed by atoms with van der Waals surface area (Å²) in [5.41, 5.74) is 2.48. The zero-order chi connectivity index (χ0) is 21.3. The van der Waals surface area contributed by atoms with Crippen LogP contribution in [0.25, 0.3) is 11.6 Å². The van der Waals surface area contributed by atoms with Gasteiger partial charge in [0.1, 0.15) is 6.07 Å². The molecule has 0 aliphatic heterocycles. The Morgan fingerprint density at radius 1 is 1.10 bits per heavy atom. The van der Waals surface area contributed by atoms with E-state index in [-0.39, 0.29) is 0 Å². The second-order valence-electron chi connectivity index (χ2n) is 6.33. The summed E-state index contributed by atoms with van der Waals surface area (Å²) in [6.07, 6.45) is 6.24. The first-order valence-electron chi connectivity index (χ1n) is 9.25. The highest BCUT2D eigenvalue weighted by atomic mass is 35.5. The number of pyridine rings is 2. The Morgan fingerprint density at radius 2 is 1.83 bits per heavy atom. The molecule has 3 rings (SSSR count). The van der Waals surface area contributed by atoms with Crippen molar-refractivity contribution in [1.29, 1.82) is 5.26 Å². The van der Waals surface area contributed by atoms with Gasteiger partial charge in [-0.05, 0) is 36.6 Å². The molecule has 30 heavy (non-hydrogen) atoms.